The van der Waals surface area contributed by atoms with E-state index in [0.29, 0.717) is 13.0 Å². The van der Waals surface area contributed by atoms with Gasteiger partial charge in [0, 0.05) is 13.6 Å². The van der Waals surface area contributed by atoms with Crippen molar-refractivity contribution in [3.63, 3.8) is 0 Å². The lowest BCUT2D eigenvalue weighted by Crippen LogP contribution is -2.46. The van der Waals surface area contributed by atoms with Crippen LogP contribution in [0.25, 0.3) is 0 Å². The number of halogens is 1. The summed E-state index contributed by atoms with van der Waals surface area (Å²) in [5.74, 6) is -0.798. The Kier molecular flexibility index (Phi) is 6.48. The lowest BCUT2D eigenvalue weighted by molar-refractivity contribution is -0.139. The van der Waals surface area contributed by atoms with Gasteiger partial charge in [0.2, 0.25) is 0 Å². The molecule has 2 N–H and O–H groups in total. The van der Waals surface area contributed by atoms with E-state index in [1.165, 1.54) is 4.90 Å². The van der Waals surface area contributed by atoms with Crippen molar-refractivity contribution in [2.45, 2.75) is 32.9 Å². The summed E-state index contributed by atoms with van der Waals surface area (Å²) in [4.78, 5) is 24.6. The van der Waals surface area contributed by atoms with Crippen LogP contribution in [0.1, 0.15) is 25.8 Å². The molecule has 2 amide bonds. The quantitative estimate of drug-likeness (QED) is 0.816. The van der Waals surface area contributed by atoms with Gasteiger partial charge in [-0.15, -0.1) is 11.3 Å². The third-order valence-corrected chi connectivity index (χ3v) is 4.24. The number of hydrogen-bond acceptors (Lipinski definition) is 3. The van der Waals surface area contributed by atoms with E-state index in [-0.39, 0.29) is 11.9 Å². The number of nitrogens with zero attached hydrogens (tertiary/aromatic N) is 1. The Labute approximate surface area is 131 Å². The molecule has 0 saturated heterocycles. The van der Waals surface area contributed by atoms with Crippen molar-refractivity contribution in [1.29, 1.82) is 0 Å². The molecular weight excluding hydrogens is 344 g/mol. The Balaban J connectivity index is 2.57. The van der Waals surface area contributed by atoms with Crippen LogP contribution in [0.5, 0.6) is 0 Å². The molecule has 1 rings (SSSR count). The van der Waals surface area contributed by atoms with Crippen LogP contribution in [0.3, 0.4) is 0 Å². The summed E-state index contributed by atoms with van der Waals surface area (Å²) in [7, 11) is 1.65. The van der Waals surface area contributed by atoms with Gasteiger partial charge >= 0.3 is 12.0 Å². The van der Waals surface area contributed by atoms with Crippen molar-refractivity contribution in [2.24, 2.45) is 5.92 Å². The number of amides is 2. The fourth-order valence-corrected chi connectivity index (χ4v) is 2.93. The maximum atomic E-state index is 12.0. The summed E-state index contributed by atoms with van der Waals surface area (Å²) in [6, 6.07) is 0.719. The van der Waals surface area contributed by atoms with Crippen LogP contribution in [0.4, 0.5) is 4.79 Å². The van der Waals surface area contributed by atoms with Gasteiger partial charge < -0.3 is 15.3 Å². The summed E-state index contributed by atoms with van der Waals surface area (Å²) >= 11 is 4.92. The number of carboxylic acid groups (broad SMARTS) is 1. The monoisotopic (exact) mass is 362 g/mol. The van der Waals surface area contributed by atoms with Gasteiger partial charge in [-0.1, -0.05) is 13.8 Å². The van der Waals surface area contributed by atoms with Gasteiger partial charge in [-0.2, -0.15) is 0 Å². The molecule has 0 saturated carbocycles. The van der Waals surface area contributed by atoms with E-state index in [2.05, 4.69) is 21.2 Å². The van der Waals surface area contributed by atoms with E-state index in [4.69, 9.17) is 5.11 Å². The minimum atomic E-state index is -1.00. The standard InChI is InChI=1S/C13H19BrN2O3S/c1-8(2)4-10(12(17)18)15-13(19)16(3)6-9-5-11(14)20-7-9/h5,7-8,10H,4,6H2,1-3H3,(H,15,19)(H,17,18). The third kappa shape index (κ3) is 5.50. The first-order chi connectivity index (χ1) is 9.29. The number of nitrogens with one attached hydrogen (secondary N) is 1. The van der Waals surface area contributed by atoms with Crippen molar-refractivity contribution in [1.82, 2.24) is 10.2 Å². The molecule has 112 valence electrons. The first kappa shape index (κ1) is 17.0. The normalized spacial score (nSPS) is 12.2. The van der Waals surface area contributed by atoms with E-state index in [0.717, 1.165) is 9.35 Å². The highest BCUT2D eigenvalue weighted by Crippen LogP contribution is 2.21. The average molecular weight is 363 g/mol. The van der Waals surface area contributed by atoms with Crippen LogP contribution in [-0.4, -0.2) is 35.1 Å². The molecule has 1 unspecified atom stereocenters. The average Bonchev–Trinajstić information content (AvgIpc) is 2.72. The Hall–Kier alpha value is -1.08. The van der Waals surface area contributed by atoms with Gasteiger partial charge in [0.1, 0.15) is 6.04 Å². The molecule has 0 fully saturated rings. The second-order valence-electron chi connectivity index (χ2n) is 5.08. The molecule has 0 bridgehead atoms. The zero-order valence-corrected chi connectivity index (χ0v) is 14.1. The highest BCUT2D eigenvalue weighted by atomic mass is 79.9. The van der Waals surface area contributed by atoms with E-state index >= 15 is 0 Å². The smallest absolute Gasteiger partial charge is 0.326 e. The summed E-state index contributed by atoms with van der Waals surface area (Å²) < 4.78 is 1.00. The largest absolute Gasteiger partial charge is 0.480 e. The number of rotatable bonds is 6. The van der Waals surface area contributed by atoms with Gasteiger partial charge in [-0.05, 0) is 45.3 Å². The van der Waals surface area contributed by atoms with Gasteiger partial charge in [0.15, 0.2) is 0 Å². The van der Waals surface area contributed by atoms with Crippen molar-refractivity contribution in [2.75, 3.05) is 7.05 Å². The number of aliphatic carboxylic acids is 1. The highest BCUT2D eigenvalue weighted by molar-refractivity contribution is 9.11. The van der Waals surface area contributed by atoms with E-state index < -0.39 is 12.0 Å². The molecule has 0 radical (unpaired) electrons. The highest BCUT2D eigenvalue weighted by Gasteiger charge is 2.22. The lowest BCUT2D eigenvalue weighted by Gasteiger charge is -2.22. The van der Waals surface area contributed by atoms with Crippen molar-refractivity contribution >= 4 is 39.3 Å². The summed E-state index contributed by atoms with van der Waals surface area (Å²) in [5.41, 5.74) is 1.01. The molecule has 0 aliphatic heterocycles. The number of carbonyl (C=O) groups excluding carboxylic acids is 1. The predicted molar refractivity (Wildman–Crippen MR) is 82.9 cm³/mol. The number of urea groups is 1. The van der Waals surface area contributed by atoms with Crippen molar-refractivity contribution in [3.8, 4) is 0 Å². The molecule has 20 heavy (non-hydrogen) atoms. The van der Waals surface area contributed by atoms with Gasteiger partial charge in [0.05, 0.1) is 3.79 Å². The van der Waals surface area contributed by atoms with Crippen LogP contribution >= 0.6 is 27.3 Å². The molecule has 0 aromatic carbocycles. The molecule has 7 heteroatoms. The van der Waals surface area contributed by atoms with Crippen molar-refractivity contribution < 1.29 is 14.7 Å². The van der Waals surface area contributed by atoms with Crippen LogP contribution in [0.15, 0.2) is 15.2 Å². The second-order valence-corrected chi connectivity index (χ2v) is 7.38. The Bertz CT molecular complexity index is 476. The van der Waals surface area contributed by atoms with Crippen LogP contribution < -0.4 is 5.32 Å². The van der Waals surface area contributed by atoms with Crippen LogP contribution in [0.2, 0.25) is 0 Å². The number of carboxylic acids is 1. The molecular formula is C13H19BrN2O3S. The number of thiophene rings is 1. The van der Waals surface area contributed by atoms with Gasteiger partial charge in [0.25, 0.3) is 0 Å². The lowest BCUT2D eigenvalue weighted by atomic mass is 10.0. The van der Waals surface area contributed by atoms with Crippen LogP contribution in [-0.2, 0) is 11.3 Å². The van der Waals surface area contributed by atoms with E-state index in [1.54, 1.807) is 18.4 Å². The first-order valence-corrected chi connectivity index (χ1v) is 7.94. The molecule has 1 aromatic rings. The summed E-state index contributed by atoms with van der Waals surface area (Å²) in [6.07, 6.45) is 0.416. The Morgan fingerprint density at radius 1 is 1.50 bits per heavy atom. The molecule has 1 atom stereocenters. The van der Waals surface area contributed by atoms with Gasteiger partial charge in [-0.25, -0.2) is 9.59 Å². The topological polar surface area (TPSA) is 69.6 Å². The summed E-state index contributed by atoms with van der Waals surface area (Å²) in [5, 5.41) is 13.6. The number of carbonyl (C=O) groups is 2. The Morgan fingerprint density at radius 2 is 2.15 bits per heavy atom. The fraction of sp³-hybridized carbons (Fsp3) is 0.538. The fourth-order valence-electron chi connectivity index (χ4n) is 1.73. The van der Waals surface area contributed by atoms with E-state index in [1.807, 2.05) is 25.3 Å². The van der Waals surface area contributed by atoms with Crippen molar-refractivity contribution in [3.05, 3.63) is 20.8 Å². The molecule has 0 aliphatic carbocycles. The van der Waals surface area contributed by atoms with E-state index in [9.17, 15) is 9.59 Å². The van der Waals surface area contributed by atoms with Gasteiger partial charge in [-0.3, -0.25) is 0 Å². The molecule has 5 nitrogen and oxygen atoms in total. The minimum absolute atomic E-state index is 0.203. The minimum Gasteiger partial charge on any atom is -0.480 e. The predicted octanol–water partition coefficient (Wildman–Crippen LogP) is 3.15. The van der Waals surface area contributed by atoms with Crippen LogP contribution in [0, 0.1) is 5.92 Å². The maximum absolute atomic E-state index is 12.0. The zero-order valence-electron chi connectivity index (χ0n) is 11.7. The maximum Gasteiger partial charge on any atom is 0.326 e. The summed E-state index contributed by atoms with van der Waals surface area (Å²) in [6.45, 7) is 4.30. The first-order valence-electron chi connectivity index (χ1n) is 6.27. The number of hydrogen-bond donors (Lipinski definition) is 2. The molecule has 1 aromatic heterocycles. The Morgan fingerprint density at radius 3 is 2.60 bits per heavy atom. The second kappa shape index (κ2) is 7.64. The molecule has 0 spiro atoms. The molecule has 1 heterocycles. The third-order valence-electron chi connectivity index (χ3n) is 2.69. The molecule has 0 aliphatic rings. The zero-order chi connectivity index (χ0) is 15.3. The SMILES string of the molecule is CC(C)CC(NC(=O)N(C)Cc1csc(Br)c1)C(=O)O.